The highest BCUT2D eigenvalue weighted by atomic mass is 16.6. The van der Waals surface area contributed by atoms with Gasteiger partial charge >= 0.3 is 11.9 Å². The van der Waals surface area contributed by atoms with Crippen molar-refractivity contribution in [2.45, 2.75) is 26.4 Å². The lowest BCUT2D eigenvalue weighted by Crippen LogP contribution is -2.24. The van der Waals surface area contributed by atoms with Gasteiger partial charge in [-0.25, -0.2) is 9.59 Å². The van der Waals surface area contributed by atoms with Crippen LogP contribution in [0.1, 0.15) is 36.7 Å². The van der Waals surface area contributed by atoms with Gasteiger partial charge in [0.1, 0.15) is 23.5 Å². The van der Waals surface area contributed by atoms with Gasteiger partial charge in [-0.3, -0.25) is 0 Å². The maximum atomic E-state index is 12.4. The normalized spacial score (nSPS) is 10.6. The number of rotatable bonds is 7. The van der Waals surface area contributed by atoms with Gasteiger partial charge in [0, 0.05) is 0 Å². The van der Waals surface area contributed by atoms with E-state index >= 15 is 0 Å². The molecule has 0 fully saturated rings. The van der Waals surface area contributed by atoms with Gasteiger partial charge in [0.2, 0.25) is 0 Å². The van der Waals surface area contributed by atoms with Crippen molar-refractivity contribution in [2.75, 3.05) is 20.8 Å². The molecular weight excluding hydrogens is 324 g/mol. The summed E-state index contributed by atoms with van der Waals surface area (Å²) in [6.07, 6.45) is 0. The fourth-order valence-corrected chi connectivity index (χ4v) is 1.85. The molecule has 0 aliphatic heterocycles. The monoisotopic (exact) mass is 348 g/mol. The van der Waals surface area contributed by atoms with Gasteiger partial charge in [-0.05, 0) is 50.6 Å². The molecule has 0 saturated carbocycles. The zero-order valence-corrected chi connectivity index (χ0v) is 15.3. The summed E-state index contributed by atoms with van der Waals surface area (Å²) in [6.45, 7) is 12.7. The average Bonchev–Trinajstić information content (AvgIpc) is 2.56. The maximum absolute atomic E-state index is 12.4. The molecule has 0 aliphatic carbocycles. The molecule has 6 heteroatoms. The minimum atomic E-state index is -0.656. The number of esters is 2. The molecule has 1 aromatic rings. The van der Waals surface area contributed by atoms with Crippen LogP contribution in [-0.2, 0) is 19.0 Å². The van der Waals surface area contributed by atoms with E-state index in [0.29, 0.717) is 16.9 Å². The third kappa shape index (κ3) is 5.99. The molecule has 0 aliphatic rings. The highest BCUT2D eigenvalue weighted by Crippen LogP contribution is 2.26. The minimum absolute atomic E-state index is 0.0218. The first-order valence-electron chi connectivity index (χ1n) is 7.58. The number of hydrogen-bond donors (Lipinski definition) is 0. The maximum Gasteiger partial charge on any atom is 0.372 e. The first-order chi connectivity index (χ1) is 11.6. The zero-order chi connectivity index (χ0) is 19.2. The van der Waals surface area contributed by atoms with E-state index in [1.54, 1.807) is 39.0 Å². The molecule has 136 valence electrons. The number of carbonyl (C=O) groups is 2. The van der Waals surface area contributed by atoms with Gasteiger partial charge in [-0.15, -0.1) is 0 Å². The number of methoxy groups -OCH3 is 2. The molecule has 0 atom stereocenters. The quantitative estimate of drug-likeness (QED) is 0.427. The molecule has 0 N–H and O–H groups in total. The molecule has 0 radical (unpaired) electrons. The summed E-state index contributed by atoms with van der Waals surface area (Å²) in [4.78, 5) is 23.6. The Morgan fingerprint density at radius 2 is 1.76 bits per heavy atom. The van der Waals surface area contributed by atoms with Crippen LogP contribution in [0, 0.1) is 0 Å². The van der Waals surface area contributed by atoms with Crippen molar-refractivity contribution in [1.82, 2.24) is 0 Å². The number of hydrogen-bond acceptors (Lipinski definition) is 6. The summed E-state index contributed by atoms with van der Waals surface area (Å²) in [6, 6.07) is 4.99. The van der Waals surface area contributed by atoms with Gasteiger partial charge in [-0.1, -0.05) is 12.6 Å². The largest absolute Gasteiger partial charge is 0.496 e. The summed E-state index contributed by atoms with van der Waals surface area (Å²) >= 11 is 0. The van der Waals surface area contributed by atoms with Crippen LogP contribution in [0.2, 0.25) is 0 Å². The third-order valence-corrected chi connectivity index (χ3v) is 3.06. The lowest BCUT2D eigenvalue weighted by molar-refractivity contribution is -0.139. The van der Waals surface area contributed by atoms with E-state index in [-0.39, 0.29) is 17.9 Å². The Hall–Kier alpha value is -2.76. The fraction of sp³-hybridized carbons (Fsp3) is 0.368. The van der Waals surface area contributed by atoms with Gasteiger partial charge in [0.15, 0.2) is 5.76 Å². The molecule has 0 bridgehead atoms. The van der Waals surface area contributed by atoms with Crippen molar-refractivity contribution in [3.05, 3.63) is 48.2 Å². The highest BCUT2D eigenvalue weighted by Gasteiger charge is 2.22. The Bertz CT molecular complexity index is 682. The van der Waals surface area contributed by atoms with E-state index in [1.165, 1.54) is 14.2 Å². The van der Waals surface area contributed by atoms with E-state index in [9.17, 15) is 9.59 Å². The topological polar surface area (TPSA) is 71.1 Å². The summed E-state index contributed by atoms with van der Waals surface area (Å²) in [7, 11) is 2.71. The molecule has 0 saturated heterocycles. The first-order valence-corrected chi connectivity index (χ1v) is 7.58. The van der Waals surface area contributed by atoms with Crippen LogP contribution in [0.15, 0.2) is 37.1 Å². The zero-order valence-electron chi connectivity index (χ0n) is 15.3. The van der Waals surface area contributed by atoms with Crippen LogP contribution < -0.4 is 4.74 Å². The van der Waals surface area contributed by atoms with Crippen molar-refractivity contribution in [3.8, 4) is 5.75 Å². The molecule has 25 heavy (non-hydrogen) atoms. The Labute approximate surface area is 148 Å². The average molecular weight is 348 g/mol. The SMILES string of the molecule is C=C(OCC(=C)c1ccc(OC)c(C(=O)OC(C)(C)C)c1)C(=O)OC. The molecule has 0 amide bonds. The molecule has 0 aromatic heterocycles. The standard InChI is InChI=1S/C19H24O6/c1-12(11-24-13(2)17(20)23-7)14-8-9-16(22-6)15(10-14)18(21)25-19(3,4)5/h8-10H,1-2,11H2,3-7H3. The molecule has 6 nitrogen and oxygen atoms in total. The smallest absolute Gasteiger partial charge is 0.372 e. The molecular formula is C19H24O6. The molecule has 0 heterocycles. The lowest BCUT2D eigenvalue weighted by Gasteiger charge is -2.20. The van der Waals surface area contributed by atoms with Gasteiger partial charge < -0.3 is 18.9 Å². The van der Waals surface area contributed by atoms with Crippen molar-refractivity contribution >= 4 is 17.5 Å². The molecule has 0 unspecified atom stereocenters. The number of ether oxygens (including phenoxy) is 4. The van der Waals surface area contributed by atoms with Crippen LogP contribution in [0.4, 0.5) is 0 Å². The van der Waals surface area contributed by atoms with Crippen LogP contribution in [0.25, 0.3) is 5.57 Å². The van der Waals surface area contributed by atoms with E-state index < -0.39 is 17.5 Å². The van der Waals surface area contributed by atoms with Crippen molar-refractivity contribution in [1.29, 1.82) is 0 Å². The highest BCUT2D eigenvalue weighted by molar-refractivity contribution is 5.94. The Kier molecular flexibility index (Phi) is 6.79. The molecule has 0 spiro atoms. The van der Waals surface area contributed by atoms with Crippen LogP contribution >= 0.6 is 0 Å². The van der Waals surface area contributed by atoms with Crippen molar-refractivity contribution in [2.24, 2.45) is 0 Å². The predicted molar refractivity (Wildman–Crippen MR) is 94.3 cm³/mol. The Balaban J connectivity index is 2.96. The van der Waals surface area contributed by atoms with Crippen LogP contribution in [-0.4, -0.2) is 38.4 Å². The van der Waals surface area contributed by atoms with Gasteiger partial charge in [0.05, 0.1) is 14.2 Å². The van der Waals surface area contributed by atoms with Crippen LogP contribution in [0.5, 0.6) is 5.75 Å². The Morgan fingerprint density at radius 3 is 2.28 bits per heavy atom. The second kappa shape index (κ2) is 8.37. The predicted octanol–water partition coefficient (Wildman–Crippen LogP) is 3.37. The summed E-state index contributed by atoms with van der Waals surface area (Å²) in [5.74, 6) is -0.883. The summed E-state index contributed by atoms with van der Waals surface area (Å²) in [5, 5.41) is 0. The third-order valence-electron chi connectivity index (χ3n) is 3.06. The molecule has 1 aromatic carbocycles. The Morgan fingerprint density at radius 1 is 1.12 bits per heavy atom. The van der Waals surface area contributed by atoms with Gasteiger partial charge in [0.25, 0.3) is 0 Å². The summed E-state index contributed by atoms with van der Waals surface area (Å²) in [5.41, 5.74) is 0.857. The van der Waals surface area contributed by atoms with Crippen LogP contribution in [0.3, 0.4) is 0 Å². The van der Waals surface area contributed by atoms with Crippen molar-refractivity contribution < 1.29 is 28.5 Å². The fourth-order valence-electron chi connectivity index (χ4n) is 1.85. The van der Waals surface area contributed by atoms with E-state index in [2.05, 4.69) is 17.9 Å². The second-order valence-corrected chi connectivity index (χ2v) is 6.22. The van der Waals surface area contributed by atoms with Crippen molar-refractivity contribution in [3.63, 3.8) is 0 Å². The molecule has 1 rings (SSSR count). The summed E-state index contributed by atoms with van der Waals surface area (Å²) < 4.78 is 20.4. The van der Waals surface area contributed by atoms with E-state index in [4.69, 9.17) is 14.2 Å². The lowest BCUT2D eigenvalue weighted by atomic mass is 10.0. The first kappa shape index (κ1) is 20.3. The van der Waals surface area contributed by atoms with E-state index in [1.807, 2.05) is 0 Å². The number of carbonyl (C=O) groups excluding carboxylic acids is 2. The minimum Gasteiger partial charge on any atom is -0.496 e. The van der Waals surface area contributed by atoms with E-state index in [0.717, 1.165) is 0 Å². The van der Waals surface area contributed by atoms with Gasteiger partial charge in [-0.2, -0.15) is 0 Å². The number of benzene rings is 1. The second-order valence-electron chi connectivity index (χ2n) is 6.22.